The molecule has 3 heterocycles. The minimum atomic E-state index is -0.555. The van der Waals surface area contributed by atoms with Gasteiger partial charge in [-0.2, -0.15) is 0 Å². The van der Waals surface area contributed by atoms with Gasteiger partial charge in [-0.15, -0.1) is 5.10 Å². The third kappa shape index (κ3) is 6.21. The Morgan fingerprint density at radius 3 is 2.65 bits per heavy atom. The zero-order valence-corrected chi connectivity index (χ0v) is 19.3. The molecule has 178 valence electrons. The maximum Gasteiger partial charge on any atom is 0.230 e. The molecule has 34 heavy (non-hydrogen) atoms. The number of anilines is 1. The number of hydrogen-bond acceptors (Lipinski definition) is 9. The number of nitrogens with zero attached hydrogens (tertiary/aromatic N) is 6. The van der Waals surface area contributed by atoms with Gasteiger partial charge in [-0.1, -0.05) is 55.4 Å². The van der Waals surface area contributed by atoms with Crippen LogP contribution in [0.1, 0.15) is 37.4 Å². The fourth-order valence-electron chi connectivity index (χ4n) is 3.23. The SMILES string of the molecule is Cn1nnnc1/C(=N\OCc1cccc(NC(=O)CC2OCC(C)(C)CO2)n1)c1ccccc1. The van der Waals surface area contributed by atoms with Crippen molar-refractivity contribution in [1.82, 2.24) is 25.2 Å². The average molecular weight is 466 g/mol. The summed E-state index contributed by atoms with van der Waals surface area (Å²) in [5.41, 5.74) is 1.85. The molecule has 0 bridgehead atoms. The lowest BCUT2D eigenvalue weighted by molar-refractivity contribution is -0.222. The number of nitrogens with one attached hydrogen (secondary N) is 1. The van der Waals surface area contributed by atoms with Gasteiger partial charge in [-0.05, 0) is 22.6 Å². The van der Waals surface area contributed by atoms with Crippen LogP contribution in [0.3, 0.4) is 0 Å². The van der Waals surface area contributed by atoms with Gasteiger partial charge in [0.1, 0.15) is 5.82 Å². The molecular formula is C23H27N7O4. The normalized spacial score (nSPS) is 16.3. The number of hydrogen-bond donors (Lipinski definition) is 1. The second-order valence-electron chi connectivity index (χ2n) is 8.69. The Morgan fingerprint density at radius 2 is 1.94 bits per heavy atom. The molecule has 4 rings (SSSR count). The van der Waals surface area contributed by atoms with Crippen molar-refractivity contribution in [3.8, 4) is 0 Å². The molecular weight excluding hydrogens is 438 g/mol. The molecule has 1 N–H and O–H groups in total. The fourth-order valence-corrected chi connectivity index (χ4v) is 3.23. The first-order valence-electron chi connectivity index (χ1n) is 10.9. The van der Waals surface area contributed by atoms with Crippen LogP contribution in [-0.2, 0) is 32.8 Å². The fraction of sp³-hybridized carbons (Fsp3) is 0.391. The van der Waals surface area contributed by atoms with E-state index in [1.54, 1.807) is 25.2 Å². The van der Waals surface area contributed by atoms with Crippen molar-refractivity contribution >= 4 is 17.4 Å². The highest BCUT2D eigenvalue weighted by Gasteiger charge is 2.29. The molecule has 1 aliphatic heterocycles. The number of amides is 1. The van der Waals surface area contributed by atoms with Crippen molar-refractivity contribution in [2.45, 2.75) is 33.2 Å². The van der Waals surface area contributed by atoms with Crippen LogP contribution in [0, 0.1) is 5.41 Å². The van der Waals surface area contributed by atoms with Gasteiger partial charge in [0, 0.05) is 18.0 Å². The highest BCUT2D eigenvalue weighted by molar-refractivity contribution is 6.10. The van der Waals surface area contributed by atoms with E-state index in [1.165, 1.54) is 4.68 Å². The number of benzene rings is 1. The van der Waals surface area contributed by atoms with E-state index >= 15 is 0 Å². The summed E-state index contributed by atoms with van der Waals surface area (Å²) in [5, 5.41) is 18.6. The molecule has 0 saturated carbocycles. The molecule has 0 spiro atoms. The number of ether oxygens (including phenoxy) is 2. The summed E-state index contributed by atoms with van der Waals surface area (Å²) >= 11 is 0. The van der Waals surface area contributed by atoms with E-state index in [9.17, 15) is 4.79 Å². The van der Waals surface area contributed by atoms with Crippen molar-refractivity contribution in [1.29, 1.82) is 0 Å². The zero-order chi connectivity index (χ0) is 24.0. The molecule has 11 heteroatoms. The van der Waals surface area contributed by atoms with Crippen LogP contribution in [0.15, 0.2) is 53.7 Å². The van der Waals surface area contributed by atoms with Crippen molar-refractivity contribution in [3.63, 3.8) is 0 Å². The number of carbonyl (C=O) groups excluding carboxylic acids is 1. The van der Waals surface area contributed by atoms with Crippen LogP contribution in [0.4, 0.5) is 5.82 Å². The Labute approximate surface area is 197 Å². The molecule has 0 radical (unpaired) electrons. The molecule has 1 fully saturated rings. The number of carbonyl (C=O) groups is 1. The van der Waals surface area contributed by atoms with E-state index in [4.69, 9.17) is 14.3 Å². The van der Waals surface area contributed by atoms with E-state index in [1.807, 2.05) is 30.3 Å². The smallest absolute Gasteiger partial charge is 0.230 e. The summed E-state index contributed by atoms with van der Waals surface area (Å²) in [6.07, 6.45) is -0.463. The number of aryl methyl sites for hydroxylation is 1. The number of aromatic nitrogens is 5. The van der Waals surface area contributed by atoms with Crippen LogP contribution in [0.5, 0.6) is 0 Å². The van der Waals surface area contributed by atoms with Crippen molar-refractivity contribution < 1.29 is 19.1 Å². The monoisotopic (exact) mass is 465 g/mol. The summed E-state index contributed by atoms with van der Waals surface area (Å²) in [5.74, 6) is 0.636. The van der Waals surface area contributed by atoms with Gasteiger partial charge >= 0.3 is 0 Å². The second-order valence-corrected chi connectivity index (χ2v) is 8.69. The molecule has 2 aromatic heterocycles. The maximum absolute atomic E-state index is 12.4. The first-order valence-corrected chi connectivity index (χ1v) is 10.9. The molecule has 0 unspecified atom stereocenters. The van der Waals surface area contributed by atoms with Gasteiger partial charge in [0.15, 0.2) is 18.6 Å². The molecule has 1 saturated heterocycles. The maximum atomic E-state index is 12.4. The Morgan fingerprint density at radius 1 is 1.18 bits per heavy atom. The lowest BCUT2D eigenvalue weighted by atomic mass is 9.95. The van der Waals surface area contributed by atoms with Gasteiger partial charge in [0.2, 0.25) is 11.7 Å². The van der Waals surface area contributed by atoms with Crippen molar-refractivity contribution in [3.05, 3.63) is 65.6 Å². The quantitative estimate of drug-likeness (QED) is 0.397. The average Bonchev–Trinajstić information content (AvgIpc) is 3.24. The number of oxime groups is 1. The van der Waals surface area contributed by atoms with E-state index in [0.717, 1.165) is 5.56 Å². The van der Waals surface area contributed by atoms with Crippen LogP contribution in [0.2, 0.25) is 0 Å². The summed E-state index contributed by atoms with van der Waals surface area (Å²) in [6.45, 7) is 5.29. The number of tetrazole rings is 1. The number of rotatable bonds is 8. The first kappa shape index (κ1) is 23.5. The van der Waals surface area contributed by atoms with Gasteiger partial charge < -0.3 is 19.6 Å². The van der Waals surface area contributed by atoms with Crippen molar-refractivity contribution in [2.24, 2.45) is 17.6 Å². The summed E-state index contributed by atoms with van der Waals surface area (Å²) in [4.78, 5) is 22.4. The van der Waals surface area contributed by atoms with Gasteiger partial charge in [0.25, 0.3) is 0 Å². The van der Waals surface area contributed by atoms with E-state index in [2.05, 4.69) is 44.8 Å². The molecule has 1 amide bonds. The molecule has 3 aromatic rings. The Balaban J connectivity index is 1.37. The lowest BCUT2D eigenvalue weighted by Crippen LogP contribution is -2.39. The summed E-state index contributed by atoms with van der Waals surface area (Å²) in [6, 6.07) is 14.8. The van der Waals surface area contributed by atoms with Crippen LogP contribution in [0.25, 0.3) is 0 Å². The summed E-state index contributed by atoms with van der Waals surface area (Å²) in [7, 11) is 1.73. The standard InChI is InChI=1S/C23H27N7O4/c1-23(2)14-32-20(33-15-23)12-19(31)25-18-11-7-10-17(24-18)13-34-27-21(16-8-5-4-6-9-16)22-26-28-29-30(22)3/h4-11,20H,12-15H2,1-3H3,(H,24,25,31)/b27-21-. The second kappa shape index (κ2) is 10.5. The Bertz CT molecular complexity index is 1140. The third-order valence-electron chi connectivity index (χ3n) is 4.99. The topological polar surface area (TPSA) is 126 Å². The highest BCUT2D eigenvalue weighted by Crippen LogP contribution is 2.24. The zero-order valence-electron chi connectivity index (χ0n) is 19.3. The van der Waals surface area contributed by atoms with Crippen LogP contribution < -0.4 is 5.32 Å². The van der Waals surface area contributed by atoms with E-state index in [-0.39, 0.29) is 24.3 Å². The summed E-state index contributed by atoms with van der Waals surface area (Å²) < 4.78 is 12.8. The molecule has 1 aromatic carbocycles. The first-order chi connectivity index (χ1) is 16.4. The highest BCUT2D eigenvalue weighted by atomic mass is 16.7. The largest absolute Gasteiger partial charge is 0.389 e. The van der Waals surface area contributed by atoms with Crippen LogP contribution >= 0.6 is 0 Å². The minimum Gasteiger partial charge on any atom is -0.389 e. The van der Waals surface area contributed by atoms with Gasteiger partial charge in [-0.25, -0.2) is 9.67 Å². The molecule has 1 aliphatic rings. The predicted octanol–water partition coefficient (Wildman–Crippen LogP) is 2.30. The Hall–Kier alpha value is -3.70. The predicted molar refractivity (Wildman–Crippen MR) is 123 cm³/mol. The Kier molecular flexibility index (Phi) is 7.24. The van der Waals surface area contributed by atoms with Gasteiger partial charge in [-0.3, -0.25) is 4.79 Å². The number of pyridine rings is 1. The molecule has 0 aliphatic carbocycles. The van der Waals surface area contributed by atoms with Gasteiger partial charge in [0.05, 0.1) is 25.3 Å². The molecule has 11 nitrogen and oxygen atoms in total. The van der Waals surface area contributed by atoms with E-state index in [0.29, 0.717) is 36.3 Å². The van der Waals surface area contributed by atoms with Crippen molar-refractivity contribution in [2.75, 3.05) is 18.5 Å². The third-order valence-corrected chi connectivity index (χ3v) is 4.99. The minimum absolute atomic E-state index is 0.0466. The molecule has 0 atom stereocenters. The van der Waals surface area contributed by atoms with Crippen LogP contribution in [-0.4, -0.2) is 56.3 Å². The van der Waals surface area contributed by atoms with E-state index < -0.39 is 6.29 Å². The lowest BCUT2D eigenvalue weighted by Gasteiger charge is -2.34.